The summed E-state index contributed by atoms with van der Waals surface area (Å²) >= 11 is 0. The van der Waals surface area contributed by atoms with Crippen LogP contribution in [0.1, 0.15) is 30.9 Å². The molecule has 0 bridgehead atoms. The van der Waals surface area contributed by atoms with E-state index < -0.39 is 15.7 Å². The third-order valence-corrected chi connectivity index (χ3v) is 5.58. The van der Waals surface area contributed by atoms with Crippen molar-refractivity contribution in [2.45, 2.75) is 25.3 Å². The lowest BCUT2D eigenvalue weighted by molar-refractivity contribution is -0.117. The number of sulfone groups is 1. The Labute approximate surface area is 130 Å². The van der Waals surface area contributed by atoms with Crippen molar-refractivity contribution in [1.82, 2.24) is 4.90 Å². The van der Waals surface area contributed by atoms with Crippen LogP contribution in [0.3, 0.4) is 0 Å². The lowest BCUT2D eigenvalue weighted by Gasteiger charge is -2.24. The molecule has 1 fully saturated rings. The topological polar surface area (TPSA) is 80.5 Å². The van der Waals surface area contributed by atoms with Crippen molar-refractivity contribution in [3.63, 3.8) is 0 Å². The van der Waals surface area contributed by atoms with Gasteiger partial charge >= 0.3 is 0 Å². The maximum atomic E-state index is 13.3. The summed E-state index contributed by atoms with van der Waals surface area (Å²) in [4.78, 5) is 12.8. The van der Waals surface area contributed by atoms with E-state index in [1.807, 2.05) is 6.07 Å². The first-order chi connectivity index (χ1) is 10.4. The molecule has 1 amide bonds. The smallest absolute Gasteiger partial charge is 0.218 e. The number of nitrogens with zero attached hydrogens (tertiary/aromatic N) is 1. The summed E-state index contributed by atoms with van der Waals surface area (Å²) < 4.78 is 37.1. The zero-order chi connectivity index (χ0) is 16.2. The fourth-order valence-corrected chi connectivity index (χ4v) is 4.03. The first-order valence-corrected chi connectivity index (χ1v) is 9.18. The molecular formula is C15H21FN2O3S. The van der Waals surface area contributed by atoms with Crippen LogP contribution in [-0.4, -0.2) is 43.8 Å². The first-order valence-electron chi connectivity index (χ1n) is 7.35. The van der Waals surface area contributed by atoms with Gasteiger partial charge in [0.05, 0.1) is 11.5 Å². The van der Waals surface area contributed by atoms with E-state index in [1.165, 1.54) is 12.1 Å². The van der Waals surface area contributed by atoms with Crippen LogP contribution in [0, 0.1) is 5.82 Å². The van der Waals surface area contributed by atoms with E-state index in [0.29, 0.717) is 6.54 Å². The minimum atomic E-state index is -3.29. The van der Waals surface area contributed by atoms with Gasteiger partial charge in [0.15, 0.2) is 9.84 Å². The maximum Gasteiger partial charge on any atom is 0.218 e. The number of benzene rings is 1. The van der Waals surface area contributed by atoms with E-state index >= 15 is 0 Å². The van der Waals surface area contributed by atoms with Gasteiger partial charge in [0.1, 0.15) is 5.82 Å². The molecule has 1 aromatic rings. The number of halogens is 1. The molecule has 0 spiro atoms. The Hall–Kier alpha value is -1.47. The molecule has 2 rings (SSSR count). The second-order valence-corrected chi connectivity index (χ2v) is 7.92. The fraction of sp³-hybridized carbons (Fsp3) is 0.533. The van der Waals surface area contributed by atoms with Crippen molar-refractivity contribution < 1.29 is 17.6 Å². The van der Waals surface area contributed by atoms with Crippen LogP contribution in [0.15, 0.2) is 24.3 Å². The van der Waals surface area contributed by atoms with Crippen molar-refractivity contribution in [2.75, 3.05) is 24.6 Å². The fourth-order valence-electron chi connectivity index (χ4n) is 2.80. The Kier molecular flexibility index (Phi) is 5.52. The average Bonchev–Trinajstić information content (AvgIpc) is 2.92. The summed E-state index contributed by atoms with van der Waals surface area (Å²) in [6.07, 6.45) is 1.71. The quantitative estimate of drug-likeness (QED) is 0.817. The van der Waals surface area contributed by atoms with Crippen LogP contribution in [0.5, 0.6) is 0 Å². The Morgan fingerprint density at radius 3 is 2.82 bits per heavy atom. The number of rotatable bonds is 7. The number of likely N-dealkylation sites (tertiary alicyclic amines) is 1. The van der Waals surface area contributed by atoms with Crippen LogP contribution < -0.4 is 5.73 Å². The van der Waals surface area contributed by atoms with Crippen molar-refractivity contribution in [3.05, 3.63) is 35.6 Å². The van der Waals surface area contributed by atoms with Gasteiger partial charge in [-0.05, 0) is 37.1 Å². The predicted octanol–water partition coefficient (Wildman–Crippen LogP) is 1.25. The zero-order valence-electron chi connectivity index (χ0n) is 12.4. The van der Waals surface area contributed by atoms with E-state index in [-0.39, 0.29) is 29.8 Å². The second-order valence-electron chi connectivity index (χ2n) is 5.62. The number of carbonyl (C=O) groups excluding carboxylic acids is 1. The highest BCUT2D eigenvalue weighted by molar-refractivity contribution is 7.91. The zero-order valence-corrected chi connectivity index (χ0v) is 13.2. The highest BCUT2D eigenvalue weighted by atomic mass is 32.2. The van der Waals surface area contributed by atoms with Crippen LogP contribution in [0.2, 0.25) is 0 Å². The molecule has 22 heavy (non-hydrogen) atoms. The molecule has 0 aromatic heterocycles. The third kappa shape index (κ3) is 4.78. The number of hydrogen-bond donors (Lipinski definition) is 1. The van der Waals surface area contributed by atoms with Crippen molar-refractivity contribution in [2.24, 2.45) is 5.73 Å². The summed E-state index contributed by atoms with van der Waals surface area (Å²) in [6, 6.07) is 6.50. The average molecular weight is 328 g/mol. The van der Waals surface area contributed by atoms with Gasteiger partial charge in [0.25, 0.3) is 0 Å². The molecule has 0 radical (unpaired) electrons. The summed E-state index contributed by atoms with van der Waals surface area (Å²) in [6.45, 7) is 1.19. The van der Waals surface area contributed by atoms with Gasteiger partial charge in [-0.3, -0.25) is 9.69 Å². The lowest BCUT2D eigenvalue weighted by atomic mass is 10.0. The molecule has 1 saturated heterocycles. The third-order valence-electron chi connectivity index (χ3n) is 3.95. The van der Waals surface area contributed by atoms with Gasteiger partial charge in [0, 0.05) is 19.0 Å². The van der Waals surface area contributed by atoms with E-state index in [1.54, 1.807) is 6.07 Å². The standard InChI is InChI=1S/C15H21FN2O3S/c16-13-4-1-3-12(11-13)14-5-2-7-18(14)8-10-22(20,21)9-6-15(17)19/h1,3-4,11,14H,2,5-10H2,(H2,17,19)/t14-/m1/s1. The van der Waals surface area contributed by atoms with E-state index in [9.17, 15) is 17.6 Å². The van der Waals surface area contributed by atoms with Gasteiger partial charge in [-0.25, -0.2) is 12.8 Å². The molecule has 0 saturated carbocycles. The van der Waals surface area contributed by atoms with Gasteiger partial charge < -0.3 is 5.73 Å². The number of amides is 1. The Bertz CT molecular complexity index is 633. The highest BCUT2D eigenvalue weighted by Crippen LogP contribution is 2.31. The summed E-state index contributed by atoms with van der Waals surface area (Å²) in [7, 11) is -3.29. The monoisotopic (exact) mass is 328 g/mol. The molecule has 0 unspecified atom stereocenters. The molecule has 1 heterocycles. The normalized spacial score (nSPS) is 19.4. The number of primary amides is 1. The van der Waals surface area contributed by atoms with Gasteiger partial charge in [0.2, 0.25) is 5.91 Å². The van der Waals surface area contributed by atoms with Crippen molar-refractivity contribution in [1.29, 1.82) is 0 Å². The van der Waals surface area contributed by atoms with Crippen molar-refractivity contribution >= 4 is 15.7 Å². The minimum Gasteiger partial charge on any atom is -0.370 e. The van der Waals surface area contributed by atoms with Gasteiger partial charge in [-0.1, -0.05) is 12.1 Å². The SMILES string of the molecule is NC(=O)CCS(=O)(=O)CCN1CCC[C@@H]1c1cccc(F)c1. The molecular weight excluding hydrogens is 307 g/mol. The Morgan fingerprint density at radius 1 is 1.36 bits per heavy atom. The van der Waals surface area contributed by atoms with Crippen LogP contribution >= 0.6 is 0 Å². The molecule has 0 aliphatic carbocycles. The molecule has 1 atom stereocenters. The van der Waals surface area contributed by atoms with Crippen molar-refractivity contribution in [3.8, 4) is 0 Å². The number of hydrogen-bond acceptors (Lipinski definition) is 4. The molecule has 5 nitrogen and oxygen atoms in total. The largest absolute Gasteiger partial charge is 0.370 e. The molecule has 1 aliphatic rings. The Balaban J connectivity index is 1.96. The number of nitrogens with two attached hydrogens (primary N) is 1. The Morgan fingerprint density at radius 2 is 2.14 bits per heavy atom. The molecule has 122 valence electrons. The van der Waals surface area contributed by atoms with Crippen LogP contribution in [0.25, 0.3) is 0 Å². The molecule has 1 aromatic carbocycles. The summed E-state index contributed by atoms with van der Waals surface area (Å²) in [5.41, 5.74) is 5.86. The maximum absolute atomic E-state index is 13.3. The minimum absolute atomic E-state index is 0.00784. The van der Waals surface area contributed by atoms with Crippen LogP contribution in [0.4, 0.5) is 4.39 Å². The lowest BCUT2D eigenvalue weighted by Crippen LogP contribution is -2.30. The van der Waals surface area contributed by atoms with Gasteiger partial charge in [-0.15, -0.1) is 0 Å². The summed E-state index contributed by atoms with van der Waals surface area (Å²) in [5, 5.41) is 0. The molecule has 1 aliphatic heterocycles. The van der Waals surface area contributed by atoms with Gasteiger partial charge in [-0.2, -0.15) is 0 Å². The van der Waals surface area contributed by atoms with E-state index in [2.05, 4.69) is 4.90 Å². The first kappa shape index (κ1) is 16.9. The highest BCUT2D eigenvalue weighted by Gasteiger charge is 2.27. The van der Waals surface area contributed by atoms with E-state index in [0.717, 1.165) is 24.9 Å². The molecule has 7 heteroatoms. The predicted molar refractivity (Wildman–Crippen MR) is 82.4 cm³/mol. The molecule has 2 N–H and O–H groups in total. The van der Waals surface area contributed by atoms with Crippen LogP contribution in [-0.2, 0) is 14.6 Å². The van der Waals surface area contributed by atoms with E-state index in [4.69, 9.17) is 5.73 Å². The second kappa shape index (κ2) is 7.19. The summed E-state index contributed by atoms with van der Waals surface area (Å²) in [5.74, 6) is -1.10. The number of carbonyl (C=O) groups is 1.